The lowest BCUT2D eigenvalue weighted by atomic mass is 10.5. The summed E-state index contributed by atoms with van der Waals surface area (Å²) >= 11 is 2.87. The summed E-state index contributed by atoms with van der Waals surface area (Å²) in [6, 6.07) is 0. The first kappa shape index (κ1) is 11.0. The number of esters is 1. The highest BCUT2D eigenvalue weighted by atomic mass is 32.2. The van der Waals surface area contributed by atoms with Crippen LogP contribution in [0, 0.1) is 0 Å². The van der Waals surface area contributed by atoms with Gasteiger partial charge in [-0.25, -0.2) is 14.8 Å². The van der Waals surface area contributed by atoms with Crippen LogP contribution in [-0.2, 0) is 4.74 Å². The third kappa shape index (κ3) is 2.56. The van der Waals surface area contributed by atoms with Gasteiger partial charge in [0.1, 0.15) is 5.03 Å². The Labute approximate surface area is 99.9 Å². The Kier molecular flexibility index (Phi) is 3.47. The molecular formula is C9H7N3O2S2. The van der Waals surface area contributed by atoms with E-state index in [0.29, 0.717) is 5.03 Å². The van der Waals surface area contributed by atoms with Crippen molar-refractivity contribution >= 4 is 29.1 Å². The van der Waals surface area contributed by atoms with Crippen molar-refractivity contribution in [1.29, 1.82) is 0 Å². The van der Waals surface area contributed by atoms with Crippen molar-refractivity contribution < 1.29 is 9.53 Å². The predicted octanol–water partition coefficient (Wildman–Crippen LogP) is 1.87. The molecule has 2 aromatic heterocycles. The Bertz CT molecular complexity index is 487. The van der Waals surface area contributed by atoms with Crippen LogP contribution in [0.4, 0.5) is 0 Å². The van der Waals surface area contributed by atoms with Crippen molar-refractivity contribution in [3.05, 3.63) is 29.7 Å². The average molecular weight is 253 g/mol. The van der Waals surface area contributed by atoms with E-state index in [1.165, 1.54) is 36.4 Å². The molecule has 0 atom stereocenters. The fraction of sp³-hybridized carbons (Fsp3) is 0.111. The fourth-order valence-electron chi connectivity index (χ4n) is 0.950. The van der Waals surface area contributed by atoms with E-state index < -0.39 is 5.97 Å². The molecule has 2 heterocycles. The predicted molar refractivity (Wildman–Crippen MR) is 59.6 cm³/mol. The van der Waals surface area contributed by atoms with E-state index in [1.807, 2.05) is 5.38 Å². The van der Waals surface area contributed by atoms with E-state index in [0.717, 1.165) is 4.34 Å². The number of aromatic nitrogens is 3. The van der Waals surface area contributed by atoms with Crippen molar-refractivity contribution in [2.45, 2.75) is 9.37 Å². The number of rotatable bonds is 3. The third-order valence-corrected chi connectivity index (χ3v) is 3.40. The summed E-state index contributed by atoms with van der Waals surface area (Å²) in [5.41, 5.74) is 0.198. The van der Waals surface area contributed by atoms with Gasteiger partial charge in [-0.05, 0) is 11.8 Å². The van der Waals surface area contributed by atoms with E-state index in [-0.39, 0.29) is 5.69 Å². The molecule has 0 spiro atoms. The van der Waals surface area contributed by atoms with E-state index >= 15 is 0 Å². The van der Waals surface area contributed by atoms with Gasteiger partial charge in [0, 0.05) is 11.6 Å². The highest BCUT2D eigenvalue weighted by molar-refractivity contribution is 8.00. The summed E-state index contributed by atoms with van der Waals surface area (Å²) < 4.78 is 5.42. The SMILES string of the molecule is COC(=O)c1cncc(Sc2nccs2)n1. The average Bonchev–Trinajstić information content (AvgIpc) is 2.81. The number of nitrogens with zero attached hydrogens (tertiary/aromatic N) is 3. The van der Waals surface area contributed by atoms with Gasteiger partial charge in [-0.3, -0.25) is 4.98 Å². The first-order chi connectivity index (χ1) is 7.79. The Hall–Kier alpha value is -1.47. The van der Waals surface area contributed by atoms with E-state index in [1.54, 1.807) is 12.4 Å². The minimum atomic E-state index is -0.492. The molecule has 0 unspecified atom stereocenters. The summed E-state index contributed by atoms with van der Waals surface area (Å²) in [5.74, 6) is -0.492. The van der Waals surface area contributed by atoms with Crippen LogP contribution in [0.2, 0.25) is 0 Å². The van der Waals surface area contributed by atoms with Crippen LogP contribution in [0.25, 0.3) is 0 Å². The molecule has 0 bridgehead atoms. The lowest BCUT2D eigenvalue weighted by Crippen LogP contribution is -2.05. The first-order valence-electron chi connectivity index (χ1n) is 4.27. The molecule has 0 N–H and O–H groups in total. The van der Waals surface area contributed by atoms with Gasteiger partial charge in [-0.2, -0.15) is 0 Å². The molecule has 5 nitrogen and oxygen atoms in total. The van der Waals surface area contributed by atoms with Crippen molar-refractivity contribution in [2.24, 2.45) is 0 Å². The molecule has 7 heteroatoms. The molecule has 0 radical (unpaired) electrons. The maximum atomic E-state index is 11.2. The molecule has 0 fully saturated rings. The largest absolute Gasteiger partial charge is 0.464 e. The number of ether oxygens (including phenoxy) is 1. The van der Waals surface area contributed by atoms with Gasteiger partial charge in [-0.1, -0.05) is 0 Å². The third-order valence-electron chi connectivity index (χ3n) is 1.61. The van der Waals surface area contributed by atoms with Gasteiger partial charge in [0.15, 0.2) is 10.0 Å². The number of carbonyl (C=O) groups is 1. The van der Waals surface area contributed by atoms with Crippen LogP contribution in [0.1, 0.15) is 10.5 Å². The van der Waals surface area contributed by atoms with Gasteiger partial charge in [0.05, 0.1) is 19.5 Å². The highest BCUT2D eigenvalue weighted by Gasteiger charge is 2.09. The van der Waals surface area contributed by atoms with Gasteiger partial charge < -0.3 is 4.74 Å². The molecule has 2 aromatic rings. The minimum absolute atomic E-state index is 0.198. The van der Waals surface area contributed by atoms with Gasteiger partial charge in [0.25, 0.3) is 0 Å². The fourth-order valence-corrected chi connectivity index (χ4v) is 2.48. The van der Waals surface area contributed by atoms with Crippen LogP contribution in [0.15, 0.2) is 33.3 Å². The van der Waals surface area contributed by atoms with E-state index in [2.05, 4.69) is 19.7 Å². The van der Waals surface area contributed by atoms with Crippen molar-refractivity contribution in [3.63, 3.8) is 0 Å². The molecule has 0 saturated carbocycles. The monoisotopic (exact) mass is 253 g/mol. The summed E-state index contributed by atoms with van der Waals surface area (Å²) in [7, 11) is 1.31. The second-order valence-electron chi connectivity index (χ2n) is 2.63. The Balaban J connectivity index is 2.19. The second-order valence-corrected chi connectivity index (χ2v) is 4.80. The van der Waals surface area contributed by atoms with Crippen LogP contribution >= 0.6 is 23.1 Å². The maximum Gasteiger partial charge on any atom is 0.358 e. The van der Waals surface area contributed by atoms with Crippen LogP contribution in [0.3, 0.4) is 0 Å². The molecule has 16 heavy (non-hydrogen) atoms. The highest BCUT2D eigenvalue weighted by Crippen LogP contribution is 2.26. The Morgan fingerprint density at radius 1 is 1.50 bits per heavy atom. The van der Waals surface area contributed by atoms with E-state index in [4.69, 9.17) is 0 Å². The molecule has 0 aliphatic heterocycles. The summed E-state index contributed by atoms with van der Waals surface area (Å²) in [5, 5.41) is 2.50. The van der Waals surface area contributed by atoms with Crippen LogP contribution in [-0.4, -0.2) is 28.0 Å². The van der Waals surface area contributed by atoms with E-state index in [9.17, 15) is 4.79 Å². The van der Waals surface area contributed by atoms with Crippen molar-refractivity contribution in [3.8, 4) is 0 Å². The van der Waals surface area contributed by atoms with Crippen LogP contribution < -0.4 is 0 Å². The zero-order valence-corrected chi connectivity index (χ0v) is 9.92. The standard InChI is InChI=1S/C9H7N3O2S2/c1-14-8(13)6-4-10-5-7(12-6)16-9-11-2-3-15-9/h2-5H,1H3. The zero-order valence-electron chi connectivity index (χ0n) is 8.28. The molecule has 0 saturated heterocycles. The maximum absolute atomic E-state index is 11.2. The number of carbonyl (C=O) groups excluding carboxylic acids is 1. The smallest absolute Gasteiger partial charge is 0.358 e. The Morgan fingerprint density at radius 3 is 3.06 bits per heavy atom. The summed E-state index contributed by atoms with van der Waals surface area (Å²) in [6.07, 6.45) is 4.67. The molecular weight excluding hydrogens is 246 g/mol. The number of hydrogen-bond donors (Lipinski definition) is 0. The van der Waals surface area contributed by atoms with Gasteiger partial charge >= 0.3 is 5.97 Å². The van der Waals surface area contributed by atoms with Gasteiger partial charge in [0.2, 0.25) is 0 Å². The summed E-state index contributed by atoms with van der Waals surface area (Å²) in [6.45, 7) is 0. The van der Waals surface area contributed by atoms with Crippen LogP contribution in [0.5, 0.6) is 0 Å². The molecule has 0 amide bonds. The minimum Gasteiger partial charge on any atom is -0.464 e. The second kappa shape index (κ2) is 5.04. The molecule has 2 rings (SSSR count). The lowest BCUT2D eigenvalue weighted by Gasteiger charge is -1.99. The zero-order chi connectivity index (χ0) is 11.4. The number of methoxy groups -OCH3 is 1. The molecule has 82 valence electrons. The molecule has 0 aliphatic rings. The quantitative estimate of drug-likeness (QED) is 0.778. The molecule has 0 aliphatic carbocycles. The topological polar surface area (TPSA) is 65.0 Å². The lowest BCUT2D eigenvalue weighted by molar-refractivity contribution is 0.0592. The van der Waals surface area contributed by atoms with Crippen molar-refractivity contribution in [1.82, 2.24) is 15.0 Å². The first-order valence-corrected chi connectivity index (χ1v) is 5.97. The normalized spacial score (nSPS) is 10.1. The molecule has 0 aromatic carbocycles. The number of hydrogen-bond acceptors (Lipinski definition) is 7. The van der Waals surface area contributed by atoms with Crippen molar-refractivity contribution in [2.75, 3.05) is 7.11 Å². The number of thiazole rings is 1. The van der Waals surface area contributed by atoms with Gasteiger partial charge in [-0.15, -0.1) is 11.3 Å². The summed E-state index contributed by atoms with van der Waals surface area (Å²) in [4.78, 5) is 23.4. The Morgan fingerprint density at radius 2 is 2.38 bits per heavy atom.